The van der Waals surface area contributed by atoms with Crippen LogP contribution in [0.2, 0.25) is 5.02 Å². The van der Waals surface area contributed by atoms with Crippen molar-refractivity contribution in [2.24, 2.45) is 0 Å². The average molecular weight is 503 g/mol. The van der Waals surface area contributed by atoms with E-state index in [1.165, 1.54) is 0 Å². The summed E-state index contributed by atoms with van der Waals surface area (Å²) in [7, 11) is 3.14. The minimum absolute atomic E-state index is 0.308. The second-order valence-corrected chi connectivity index (χ2v) is 8.49. The fourth-order valence-electron chi connectivity index (χ4n) is 4.22. The number of allylic oxidation sites excluding steroid dienone is 1. The summed E-state index contributed by atoms with van der Waals surface area (Å²) in [4.78, 5) is 22.4. The first-order valence-corrected chi connectivity index (χ1v) is 11.5. The van der Waals surface area contributed by atoms with Crippen LogP contribution in [-0.2, 0) is 4.79 Å². The Morgan fingerprint density at radius 3 is 2.58 bits per heavy atom. The number of hydrogen-bond donors (Lipinski definition) is 2. The molecular weight excluding hydrogens is 480 g/mol. The van der Waals surface area contributed by atoms with Crippen molar-refractivity contribution >= 4 is 29.1 Å². The number of nitrogens with zero attached hydrogens (tertiary/aromatic N) is 4. The summed E-state index contributed by atoms with van der Waals surface area (Å²) in [6.07, 6.45) is 3.23. The Kier molecular flexibility index (Phi) is 6.30. The molecule has 182 valence electrons. The van der Waals surface area contributed by atoms with E-state index >= 15 is 0 Å². The molecule has 1 amide bonds. The molecule has 2 aromatic heterocycles. The van der Waals surface area contributed by atoms with Crippen molar-refractivity contribution in [3.63, 3.8) is 0 Å². The average Bonchev–Trinajstić information content (AvgIpc) is 3.31. The molecular formula is C26H23ClN6O3. The first kappa shape index (κ1) is 23.4. The van der Waals surface area contributed by atoms with E-state index in [-0.39, 0.29) is 5.91 Å². The Labute approximate surface area is 212 Å². The van der Waals surface area contributed by atoms with Crippen LogP contribution in [0.4, 0.5) is 11.6 Å². The summed E-state index contributed by atoms with van der Waals surface area (Å²) in [6.45, 7) is 1.83. The topological polar surface area (TPSA) is 103 Å². The highest BCUT2D eigenvalue weighted by molar-refractivity contribution is 6.30. The van der Waals surface area contributed by atoms with Gasteiger partial charge in [0.05, 0.1) is 31.7 Å². The van der Waals surface area contributed by atoms with Gasteiger partial charge in [-0.3, -0.25) is 9.78 Å². The summed E-state index contributed by atoms with van der Waals surface area (Å²) in [5.41, 5.74) is 3.14. The third-order valence-electron chi connectivity index (χ3n) is 5.85. The molecule has 0 spiro atoms. The maximum atomic E-state index is 13.7. The fourth-order valence-corrected chi connectivity index (χ4v) is 4.34. The summed E-state index contributed by atoms with van der Waals surface area (Å²) in [5, 5.41) is 11.6. The van der Waals surface area contributed by atoms with Crippen LogP contribution in [0.15, 0.2) is 78.3 Å². The number of hydrogen-bond acceptors (Lipinski definition) is 7. The predicted octanol–water partition coefficient (Wildman–Crippen LogP) is 4.94. The number of benzene rings is 2. The van der Waals surface area contributed by atoms with Crippen LogP contribution < -0.4 is 20.1 Å². The number of carbonyl (C=O) groups excluding carboxylic acids is 1. The molecule has 9 nitrogen and oxygen atoms in total. The van der Waals surface area contributed by atoms with E-state index in [4.69, 9.17) is 31.2 Å². The molecule has 10 heteroatoms. The van der Waals surface area contributed by atoms with Crippen LogP contribution in [0.1, 0.15) is 18.5 Å². The number of methoxy groups -OCH3 is 2. The molecule has 36 heavy (non-hydrogen) atoms. The molecule has 0 bridgehead atoms. The molecule has 3 heterocycles. The molecule has 0 saturated heterocycles. The second kappa shape index (κ2) is 9.71. The van der Waals surface area contributed by atoms with Crippen LogP contribution in [-0.4, -0.2) is 39.9 Å². The molecule has 5 rings (SSSR count). The standard InChI is InChI=1S/C26H23ClN6O3/c1-15-21(25(34)30-18-6-5-13-28-14-18)22(19-7-4-8-20(35-2)23(19)36-3)33-26(29-15)31-24(32-33)16-9-11-17(27)12-10-16/h4-14,22H,1-3H3,(H,30,34)(H,29,31,32). The number of carbonyl (C=O) groups is 1. The number of amides is 1. The molecule has 1 unspecified atom stereocenters. The van der Waals surface area contributed by atoms with Crippen molar-refractivity contribution in [1.82, 2.24) is 19.7 Å². The van der Waals surface area contributed by atoms with E-state index < -0.39 is 6.04 Å². The van der Waals surface area contributed by atoms with Gasteiger partial charge < -0.3 is 20.1 Å². The minimum Gasteiger partial charge on any atom is -0.493 e. The van der Waals surface area contributed by atoms with E-state index in [9.17, 15) is 4.79 Å². The zero-order valence-corrected chi connectivity index (χ0v) is 20.6. The molecule has 0 radical (unpaired) electrons. The normalized spacial score (nSPS) is 14.6. The summed E-state index contributed by atoms with van der Waals surface area (Å²) in [5.74, 6) is 1.71. The van der Waals surface area contributed by atoms with Gasteiger partial charge in [-0.1, -0.05) is 23.7 Å². The highest BCUT2D eigenvalue weighted by atomic mass is 35.5. The number of rotatable bonds is 6. The van der Waals surface area contributed by atoms with E-state index in [0.717, 1.165) is 5.56 Å². The lowest BCUT2D eigenvalue weighted by Gasteiger charge is -2.29. The Bertz CT molecular complexity index is 1450. The Hall–Kier alpha value is -4.37. The van der Waals surface area contributed by atoms with Gasteiger partial charge in [-0.25, -0.2) is 4.68 Å². The van der Waals surface area contributed by atoms with Crippen LogP contribution in [0.3, 0.4) is 0 Å². The number of fused-ring (bicyclic) bond motifs is 1. The van der Waals surface area contributed by atoms with Gasteiger partial charge in [0.25, 0.3) is 5.91 Å². The van der Waals surface area contributed by atoms with Crippen molar-refractivity contribution in [1.29, 1.82) is 0 Å². The molecule has 2 aromatic carbocycles. The van der Waals surface area contributed by atoms with Gasteiger partial charge >= 0.3 is 0 Å². The number of pyridine rings is 1. The first-order chi connectivity index (χ1) is 17.5. The van der Waals surface area contributed by atoms with Crippen molar-refractivity contribution in [2.45, 2.75) is 13.0 Å². The van der Waals surface area contributed by atoms with Crippen LogP contribution >= 0.6 is 11.6 Å². The lowest BCUT2D eigenvalue weighted by molar-refractivity contribution is -0.113. The molecule has 1 aliphatic heterocycles. The quantitative estimate of drug-likeness (QED) is 0.385. The lowest BCUT2D eigenvalue weighted by Crippen LogP contribution is -2.31. The predicted molar refractivity (Wildman–Crippen MR) is 137 cm³/mol. The van der Waals surface area contributed by atoms with E-state index in [0.29, 0.717) is 50.8 Å². The van der Waals surface area contributed by atoms with Crippen LogP contribution in [0.25, 0.3) is 11.4 Å². The van der Waals surface area contributed by atoms with Crippen molar-refractivity contribution in [3.8, 4) is 22.9 Å². The first-order valence-electron chi connectivity index (χ1n) is 11.1. The number of anilines is 2. The monoisotopic (exact) mass is 502 g/mol. The molecule has 0 aliphatic carbocycles. The van der Waals surface area contributed by atoms with Gasteiger partial charge in [0, 0.05) is 28.0 Å². The van der Waals surface area contributed by atoms with Gasteiger partial charge in [-0.2, -0.15) is 4.98 Å². The maximum Gasteiger partial charge on any atom is 0.255 e. The van der Waals surface area contributed by atoms with Gasteiger partial charge in [-0.15, -0.1) is 5.10 Å². The zero-order chi connectivity index (χ0) is 25.2. The Morgan fingerprint density at radius 1 is 1.08 bits per heavy atom. The van der Waals surface area contributed by atoms with E-state index in [1.807, 2.05) is 31.2 Å². The molecule has 0 fully saturated rings. The summed E-state index contributed by atoms with van der Waals surface area (Å²) < 4.78 is 13.0. The molecule has 2 N–H and O–H groups in total. The third-order valence-corrected chi connectivity index (χ3v) is 6.10. The number of para-hydroxylation sites is 1. The number of ether oxygens (including phenoxy) is 2. The van der Waals surface area contributed by atoms with Crippen molar-refractivity contribution in [2.75, 3.05) is 24.9 Å². The summed E-state index contributed by atoms with van der Waals surface area (Å²) >= 11 is 6.07. The summed E-state index contributed by atoms with van der Waals surface area (Å²) in [6, 6.07) is 15.7. The molecule has 1 atom stereocenters. The Balaban J connectivity index is 1.67. The van der Waals surface area contributed by atoms with Gasteiger partial charge in [0.1, 0.15) is 6.04 Å². The van der Waals surface area contributed by atoms with Gasteiger partial charge in [0.15, 0.2) is 17.3 Å². The minimum atomic E-state index is -0.656. The van der Waals surface area contributed by atoms with Gasteiger partial charge in [-0.05, 0) is 49.4 Å². The molecule has 4 aromatic rings. The van der Waals surface area contributed by atoms with Gasteiger partial charge in [0.2, 0.25) is 5.95 Å². The van der Waals surface area contributed by atoms with Crippen molar-refractivity contribution in [3.05, 3.63) is 88.8 Å². The highest BCUT2D eigenvalue weighted by Gasteiger charge is 2.36. The maximum absolute atomic E-state index is 13.7. The number of halogens is 1. The fraction of sp³-hybridized carbons (Fsp3) is 0.154. The Morgan fingerprint density at radius 2 is 1.89 bits per heavy atom. The number of nitrogens with one attached hydrogen (secondary N) is 2. The van der Waals surface area contributed by atoms with E-state index in [1.54, 1.807) is 61.6 Å². The zero-order valence-electron chi connectivity index (χ0n) is 19.8. The largest absolute Gasteiger partial charge is 0.493 e. The molecule has 0 saturated carbocycles. The lowest BCUT2D eigenvalue weighted by atomic mass is 9.94. The van der Waals surface area contributed by atoms with Crippen molar-refractivity contribution < 1.29 is 14.3 Å². The highest BCUT2D eigenvalue weighted by Crippen LogP contribution is 2.43. The third kappa shape index (κ3) is 4.25. The van der Waals surface area contributed by atoms with Crippen LogP contribution in [0, 0.1) is 0 Å². The second-order valence-electron chi connectivity index (χ2n) is 8.06. The van der Waals surface area contributed by atoms with E-state index in [2.05, 4.69) is 15.6 Å². The van der Waals surface area contributed by atoms with Crippen LogP contribution in [0.5, 0.6) is 11.5 Å². The molecule has 1 aliphatic rings. The SMILES string of the molecule is COc1cccc(C2C(C(=O)Nc3cccnc3)=C(C)Nc3nc(-c4ccc(Cl)cc4)nn32)c1OC. The number of aromatic nitrogens is 4. The smallest absolute Gasteiger partial charge is 0.255 e.